The van der Waals surface area contributed by atoms with Crippen LogP contribution in [-0.2, 0) is 19.6 Å². The first kappa shape index (κ1) is 22.8. The second kappa shape index (κ2) is 9.51. The molecule has 0 aliphatic carbocycles. The number of carbonyl (C=O) groups excluding carboxylic acids is 2. The molecule has 1 saturated heterocycles. The van der Waals surface area contributed by atoms with Crippen LogP contribution in [0.1, 0.15) is 30.6 Å². The first-order valence-corrected chi connectivity index (χ1v) is 11.7. The zero-order chi connectivity index (χ0) is 22.6. The molecule has 1 fully saturated rings. The number of nitrogens with zero attached hydrogens (tertiary/aromatic N) is 2. The fraction of sp³-hybridized carbons (Fsp3) is 0.391. The molecule has 166 valence electrons. The van der Waals surface area contributed by atoms with Gasteiger partial charge in [-0.1, -0.05) is 32.0 Å². The maximum Gasteiger partial charge on any atom is 0.338 e. The molecule has 0 aromatic heterocycles. The standard InChI is InChI=1S/C23H28N2O5S/c1-17-13-18(2)15-25(14-17)22(26)16-30-23(27)19-9-11-21(12-10-19)31(28,29)24(3)20-7-5-4-6-8-20/h4-12,17-18H,13-16H2,1-3H3/t17-,18+. The van der Waals surface area contributed by atoms with E-state index < -0.39 is 16.0 Å². The molecule has 0 radical (unpaired) electrons. The third kappa shape index (κ3) is 5.44. The zero-order valence-electron chi connectivity index (χ0n) is 18.0. The van der Waals surface area contributed by atoms with Crippen molar-refractivity contribution in [2.75, 3.05) is 31.0 Å². The summed E-state index contributed by atoms with van der Waals surface area (Å²) in [5.41, 5.74) is 0.723. The maximum absolute atomic E-state index is 12.8. The number of likely N-dealkylation sites (tertiary alicyclic amines) is 1. The molecule has 0 saturated carbocycles. The highest BCUT2D eigenvalue weighted by molar-refractivity contribution is 7.92. The fourth-order valence-corrected chi connectivity index (χ4v) is 5.06. The Morgan fingerprint density at radius 1 is 1.00 bits per heavy atom. The van der Waals surface area contributed by atoms with Gasteiger partial charge in [0.1, 0.15) is 0 Å². The first-order chi connectivity index (χ1) is 14.7. The molecule has 1 aliphatic rings. The van der Waals surface area contributed by atoms with Gasteiger partial charge in [-0.05, 0) is 54.7 Å². The summed E-state index contributed by atoms with van der Waals surface area (Å²) in [4.78, 5) is 26.5. The van der Waals surface area contributed by atoms with Crippen LogP contribution in [0, 0.1) is 11.8 Å². The molecule has 0 unspecified atom stereocenters. The van der Waals surface area contributed by atoms with E-state index in [9.17, 15) is 18.0 Å². The van der Waals surface area contributed by atoms with Gasteiger partial charge in [0.05, 0.1) is 16.1 Å². The van der Waals surface area contributed by atoms with Crippen molar-refractivity contribution < 1.29 is 22.7 Å². The normalized spacial score (nSPS) is 19.0. The highest BCUT2D eigenvalue weighted by Crippen LogP contribution is 2.23. The Kier molecular flexibility index (Phi) is 7.00. The summed E-state index contributed by atoms with van der Waals surface area (Å²) >= 11 is 0. The largest absolute Gasteiger partial charge is 0.452 e. The van der Waals surface area contributed by atoms with Gasteiger partial charge < -0.3 is 9.64 Å². The average Bonchev–Trinajstić information content (AvgIpc) is 2.76. The second-order valence-corrected chi connectivity index (χ2v) is 10.1. The van der Waals surface area contributed by atoms with Crippen molar-refractivity contribution in [1.82, 2.24) is 4.90 Å². The molecule has 0 N–H and O–H groups in total. The van der Waals surface area contributed by atoms with E-state index in [-0.39, 0.29) is 23.0 Å². The number of carbonyl (C=O) groups is 2. The molecular formula is C23H28N2O5S. The Morgan fingerprint density at radius 2 is 1.58 bits per heavy atom. The highest BCUT2D eigenvalue weighted by atomic mass is 32.2. The monoisotopic (exact) mass is 444 g/mol. The van der Waals surface area contributed by atoms with Gasteiger partial charge in [0, 0.05) is 20.1 Å². The van der Waals surface area contributed by atoms with E-state index >= 15 is 0 Å². The summed E-state index contributed by atoms with van der Waals surface area (Å²) in [6, 6.07) is 14.2. The van der Waals surface area contributed by atoms with Crippen molar-refractivity contribution in [3.05, 3.63) is 60.2 Å². The fourth-order valence-electron chi connectivity index (χ4n) is 3.87. The number of sulfonamides is 1. The van der Waals surface area contributed by atoms with E-state index in [4.69, 9.17) is 4.74 Å². The molecule has 1 aliphatic heterocycles. The summed E-state index contributed by atoms with van der Waals surface area (Å²) in [6.45, 7) is 5.22. The number of amides is 1. The zero-order valence-corrected chi connectivity index (χ0v) is 18.8. The van der Waals surface area contributed by atoms with Crippen molar-refractivity contribution in [3.63, 3.8) is 0 Å². The molecule has 2 aromatic rings. The van der Waals surface area contributed by atoms with Crippen molar-refractivity contribution in [2.24, 2.45) is 11.8 Å². The Labute approximate surface area is 183 Å². The SMILES string of the molecule is C[C@@H]1C[C@H](C)CN(C(=O)COC(=O)c2ccc(S(=O)(=O)N(C)c3ccccc3)cc2)C1. The lowest BCUT2D eigenvalue weighted by atomic mass is 9.92. The molecule has 1 amide bonds. The smallest absolute Gasteiger partial charge is 0.338 e. The Balaban J connectivity index is 1.62. The number of hydrogen-bond donors (Lipinski definition) is 0. The Bertz CT molecular complexity index is 1010. The third-order valence-corrected chi connectivity index (χ3v) is 7.22. The van der Waals surface area contributed by atoms with Crippen LogP contribution in [0.25, 0.3) is 0 Å². The van der Waals surface area contributed by atoms with E-state index in [0.717, 1.165) is 6.42 Å². The molecule has 31 heavy (non-hydrogen) atoms. The highest BCUT2D eigenvalue weighted by Gasteiger charge is 2.26. The lowest BCUT2D eigenvalue weighted by Crippen LogP contribution is -2.44. The molecule has 8 heteroatoms. The Morgan fingerprint density at radius 3 is 2.16 bits per heavy atom. The van der Waals surface area contributed by atoms with Crippen molar-refractivity contribution in [3.8, 4) is 0 Å². The van der Waals surface area contributed by atoms with Crippen molar-refractivity contribution in [1.29, 1.82) is 0 Å². The quantitative estimate of drug-likeness (QED) is 0.639. The van der Waals surface area contributed by atoms with E-state index in [2.05, 4.69) is 13.8 Å². The predicted molar refractivity (Wildman–Crippen MR) is 118 cm³/mol. The van der Waals surface area contributed by atoms with Gasteiger partial charge in [-0.25, -0.2) is 13.2 Å². The van der Waals surface area contributed by atoms with Crippen molar-refractivity contribution in [2.45, 2.75) is 25.2 Å². The molecule has 1 heterocycles. The number of ether oxygens (including phenoxy) is 1. The Hall–Kier alpha value is -2.87. The summed E-state index contributed by atoms with van der Waals surface area (Å²) in [7, 11) is -2.29. The molecular weight excluding hydrogens is 416 g/mol. The van der Waals surface area contributed by atoms with Gasteiger partial charge in [-0.3, -0.25) is 9.10 Å². The first-order valence-electron chi connectivity index (χ1n) is 10.3. The van der Waals surface area contributed by atoms with E-state index in [1.165, 1.54) is 35.6 Å². The van der Waals surface area contributed by atoms with Crippen molar-refractivity contribution >= 4 is 27.6 Å². The summed E-state index contributed by atoms with van der Waals surface area (Å²) < 4.78 is 32.0. The number of rotatable bonds is 6. The molecule has 2 atom stereocenters. The number of hydrogen-bond acceptors (Lipinski definition) is 5. The summed E-state index contributed by atoms with van der Waals surface area (Å²) in [6.07, 6.45) is 1.08. The van der Waals surface area contributed by atoms with Gasteiger partial charge in [-0.2, -0.15) is 0 Å². The van der Waals surface area contributed by atoms with Crippen LogP contribution >= 0.6 is 0 Å². The molecule has 0 spiro atoms. The molecule has 2 aromatic carbocycles. The van der Waals surface area contributed by atoms with E-state index in [0.29, 0.717) is 30.6 Å². The van der Waals surface area contributed by atoms with Crippen LogP contribution in [-0.4, -0.2) is 51.9 Å². The van der Waals surface area contributed by atoms with Gasteiger partial charge in [0.2, 0.25) is 0 Å². The number of esters is 1. The number of benzene rings is 2. The minimum atomic E-state index is -3.76. The van der Waals surface area contributed by atoms with Crippen LogP contribution in [0.5, 0.6) is 0 Å². The van der Waals surface area contributed by atoms with Gasteiger partial charge in [-0.15, -0.1) is 0 Å². The van der Waals surface area contributed by atoms with Gasteiger partial charge in [0.25, 0.3) is 15.9 Å². The van der Waals surface area contributed by atoms with Crippen LogP contribution in [0.4, 0.5) is 5.69 Å². The number of para-hydroxylation sites is 1. The third-order valence-electron chi connectivity index (χ3n) is 5.42. The van der Waals surface area contributed by atoms with Crippen LogP contribution in [0.2, 0.25) is 0 Å². The predicted octanol–water partition coefficient (Wildman–Crippen LogP) is 3.17. The van der Waals surface area contributed by atoms with E-state index in [1.54, 1.807) is 29.2 Å². The average molecular weight is 445 g/mol. The second-order valence-electron chi connectivity index (χ2n) is 8.15. The number of piperidine rings is 1. The van der Waals surface area contributed by atoms with Gasteiger partial charge >= 0.3 is 5.97 Å². The van der Waals surface area contributed by atoms with Crippen LogP contribution in [0.15, 0.2) is 59.5 Å². The number of anilines is 1. The molecule has 7 nitrogen and oxygen atoms in total. The van der Waals surface area contributed by atoms with Crippen LogP contribution in [0.3, 0.4) is 0 Å². The lowest BCUT2D eigenvalue weighted by Gasteiger charge is -2.34. The van der Waals surface area contributed by atoms with Crippen LogP contribution < -0.4 is 4.31 Å². The topological polar surface area (TPSA) is 84.0 Å². The van der Waals surface area contributed by atoms with E-state index in [1.807, 2.05) is 6.07 Å². The minimum absolute atomic E-state index is 0.0581. The molecule has 0 bridgehead atoms. The summed E-state index contributed by atoms with van der Waals surface area (Å²) in [5, 5.41) is 0. The van der Waals surface area contributed by atoms with Gasteiger partial charge in [0.15, 0.2) is 6.61 Å². The summed E-state index contributed by atoms with van der Waals surface area (Å²) in [5.74, 6) is -0.0268. The maximum atomic E-state index is 12.8. The molecule has 3 rings (SSSR count). The lowest BCUT2D eigenvalue weighted by molar-refractivity contribution is -0.137. The minimum Gasteiger partial charge on any atom is -0.452 e.